The van der Waals surface area contributed by atoms with Crippen LogP contribution in [-0.2, 0) is 0 Å². The van der Waals surface area contributed by atoms with Crippen molar-refractivity contribution in [2.45, 2.75) is 45.4 Å². The van der Waals surface area contributed by atoms with E-state index in [-0.39, 0.29) is 6.04 Å². The third-order valence-corrected chi connectivity index (χ3v) is 3.66. The van der Waals surface area contributed by atoms with Gasteiger partial charge in [-0.2, -0.15) is 0 Å². The molecule has 2 N–H and O–H groups in total. The summed E-state index contributed by atoms with van der Waals surface area (Å²) in [5.41, 5.74) is 1.27. The van der Waals surface area contributed by atoms with E-state index in [1.165, 1.54) is 4.90 Å². The van der Waals surface area contributed by atoms with Gasteiger partial charge in [-0.1, -0.05) is 24.3 Å². The van der Waals surface area contributed by atoms with Crippen LogP contribution in [0.1, 0.15) is 51.0 Å². The topological polar surface area (TPSA) is 64.0 Å². The molecule has 5 heteroatoms. The second-order valence-corrected chi connectivity index (χ2v) is 6.94. The summed E-state index contributed by atoms with van der Waals surface area (Å²) in [5, 5.41) is 19.6. The molecule has 2 atom stereocenters. The normalized spacial score (nSPS) is 14.7. The second-order valence-electron chi connectivity index (χ2n) is 6.94. The van der Waals surface area contributed by atoms with Gasteiger partial charge in [0.05, 0.1) is 12.1 Å². The smallest absolute Gasteiger partial charge is 0.408 e. The number of rotatable bonds is 5. The van der Waals surface area contributed by atoms with E-state index < -0.39 is 17.7 Å². The maximum absolute atomic E-state index is 11.5. The number of hydrogen-bond donors (Lipinski definition) is 2. The van der Waals surface area contributed by atoms with Crippen molar-refractivity contribution in [2.75, 3.05) is 20.6 Å². The Morgan fingerprint density at radius 3 is 1.95 bits per heavy atom. The minimum absolute atomic E-state index is 0.252. The molecule has 1 aromatic carbocycles. The first-order valence-electron chi connectivity index (χ1n) is 7.49. The van der Waals surface area contributed by atoms with E-state index in [0.717, 1.165) is 11.1 Å². The van der Waals surface area contributed by atoms with Gasteiger partial charge < -0.3 is 15.1 Å². The Labute approximate surface area is 133 Å². The third kappa shape index (κ3) is 4.71. The van der Waals surface area contributed by atoms with Gasteiger partial charge in [-0.05, 0) is 52.9 Å². The van der Waals surface area contributed by atoms with Crippen LogP contribution in [-0.4, -0.2) is 52.3 Å². The number of carboxylic acid groups (broad SMARTS) is 1. The molecule has 0 bridgehead atoms. The average Bonchev–Trinajstić information content (AvgIpc) is 2.35. The molecule has 0 fully saturated rings. The Hall–Kier alpha value is -1.59. The predicted octanol–water partition coefficient (Wildman–Crippen LogP) is 3.12. The first-order chi connectivity index (χ1) is 10.0. The largest absolute Gasteiger partial charge is 0.465 e. The summed E-state index contributed by atoms with van der Waals surface area (Å²) in [5.74, 6) is 0. The fourth-order valence-electron chi connectivity index (χ4n) is 2.63. The molecule has 0 saturated heterocycles. The second kappa shape index (κ2) is 7.11. The zero-order valence-electron chi connectivity index (χ0n) is 14.4. The number of aliphatic hydroxyl groups excluding tert-OH is 1. The molecular formula is C17H28N2O3. The molecule has 0 saturated carbocycles. The number of likely N-dealkylation sites (N-methyl/N-ethyl adjacent to an activating group) is 1. The highest BCUT2D eigenvalue weighted by atomic mass is 16.4. The lowest BCUT2D eigenvalue weighted by atomic mass is 9.98. The van der Waals surface area contributed by atoms with E-state index >= 15 is 0 Å². The van der Waals surface area contributed by atoms with Crippen LogP contribution in [0.4, 0.5) is 4.79 Å². The van der Waals surface area contributed by atoms with E-state index in [1.54, 1.807) is 0 Å². The summed E-state index contributed by atoms with van der Waals surface area (Å²) in [4.78, 5) is 14.9. The highest BCUT2D eigenvalue weighted by molar-refractivity contribution is 5.66. The summed E-state index contributed by atoms with van der Waals surface area (Å²) >= 11 is 0. The van der Waals surface area contributed by atoms with Crippen molar-refractivity contribution in [3.63, 3.8) is 0 Å². The molecule has 0 radical (unpaired) electrons. The van der Waals surface area contributed by atoms with Gasteiger partial charge in [-0.25, -0.2) is 4.79 Å². The lowest BCUT2D eigenvalue weighted by molar-refractivity contribution is 0.0752. The molecule has 0 aromatic heterocycles. The van der Waals surface area contributed by atoms with Crippen LogP contribution in [0, 0.1) is 0 Å². The number of hydrogen-bond acceptors (Lipinski definition) is 3. The number of amides is 1. The monoisotopic (exact) mass is 308 g/mol. The highest BCUT2D eigenvalue weighted by Crippen LogP contribution is 2.28. The maximum Gasteiger partial charge on any atom is 0.408 e. The zero-order valence-corrected chi connectivity index (χ0v) is 14.4. The van der Waals surface area contributed by atoms with Crippen LogP contribution < -0.4 is 0 Å². The number of nitrogens with zero attached hydrogens (tertiary/aromatic N) is 2. The van der Waals surface area contributed by atoms with Gasteiger partial charge in [0.25, 0.3) is 0 Å². The van der Waals surface area contributed by atoms with Crippen LogP contribution in [0.25, 0.3) is 0 Å². The van der Waals surface area contributed by atoms with Gasteiger partial charge in [0.1, 0.15) is 0 Å². The number of aliphatic hydroxyl groups is 1. The van der Waals surface area contributed by atoms with Gasteiger partial charge in [0.2, 0.25) is 0 Å². The van der Waals surface area contributed by atoms with E-state index in [0.29, 0.717) is 6.54 Å². The molecule has 1 unspecified atom stereocenters. The van der Waals surface area contributed by atoms with Crippen LogP contribution in [0.3, 0.4) is 0 Å². The lowest BCUT2D eigenvalue weighted by Gasteiger charge is -2.38. The van der Waals surface area contributed by atoms with Crippen LogP contribution in [0.15, 0.2) is 24.3 Å². The Kier molecular flexibility index (Phi) is 5.97. The van der Waals surface area contributed by atoms with Gasteiger partial charge in [-0.15, -0.1) is 0 Å². The van der Waals surface area contributed by atoms with Crippen LogP contribution in [0.2, 0.25) is 0 Å². The number of benzene rings is 1. The van der Waals surface area contributed by atoms with Crippen molar-refractivity contribution >= 4 is 6.09 Å². The fourth-order valence-corrected chi connectivity index (χ4v) is 2.63. The molecule has 0 spiro atoms. The van der Waals surface area contributed by atoms with Crippen molar-refractivity contribution in [1.29, 1.82) is 0 Å². The average molecular weight is 308 g/mol. The van der Waals surface area contributed by atoms with E-state index in [1.807, 2.05) is 71.0 Å². The van der Waals surface area contributed by atoms with Gasteiger partial charge in [0, 0.05) is 12.1 Å². The van der Waals surface area contributed by atoms with Crippen LogP contribution in [0.5, 0.6) is 0 Å². The minimum Gasteiger partial charge on any atom is -0.465 e. The summed E-state index contributed by atoms with van der Waals surface area (Å²) in [6.07, 6.45) is -1.48. The first-order valence-corrected chi connectivity index (χ1v) is 7.49. The fraction of sp³-hybridized carbons (Fsp3) is 0.588. The molecular weight excluding hydrogens is 280 g/mol. The quantitative estimate of drug-likeness (QED) is 0.877. The predicted molar refractivity (Wildman–Crippen MR) is 88.0 cm³/mol. The summed E-state index contributed by atoms with van der Waals surface area (Å²) < 4.78 is 0. The van der Waals surface area contributed by atoms with E-state index in [9.17, 15) is 15.0 Å². The van der Waals surface area contributed by atoms with Crippen molar-refractivity contribution < 1.29 is 15.0 Å². The Morgan fingerprint density at radius 1 is 1.14 bits per heavy atom. The first kappa shape index (κ1) is 18.5. The molecule has 0 aliphatic carbocycles. The molecule has 1 aromatic rings. The number of carbonyl (C=O) groups is 1. The minimum atomic E-state index is -0.934. The molecule has 22 heavy (non-hydrogen) atoms. The molecule has 1 amide bonds. The molecule has 0 aliphatic rings. The van der Waals surface area contributed by atoms with Crippen molar-refractivity contribution in [2.24, 2.45) is 0 Å². The van der Waals surface area contributed by atoms with Gasteiger partial charge in [0.15, 0.2) is 0 Å². The third-order valence-electron chi connectivity index (χ3n) is 3.66. The molecule has 124 valence electrons. The summed E-state index contributed by atoms with van der Waals surface area (Å²) in [6, 6.07) is 7.25. The zero-order chi connectivity index (χ0) is 17.1. The van der Waals surface area contributed by atoms with Crippen molar-refractivity contribution in [3.05, 3.63) is 35.4 Å². The van der Waals surface area contributed by atoms with Gasteiger partial charge >= 0.3 is 6.09 Å². The lowest BCUT2D eigenvalue weighted by Crippen LogP contribution is -2.46. The van der Waals surface area contributed by atoms with Crippen LogP contribution >= 0.6 is 0 Å². The van der Waals surface area contributed by atoms with Gasteiger partial charge in [-0.3, -0.25) is 4.90 Å². The van der Waals surface area contributed by atoms with Crippen molar-refractivity contribution in [1.82, 2.24) is 9.80 Å². The Bertz CT molecular complexity index is 492. The maximum atomic E-state index is 11.5. The van der Waals surface area contributed by atoms with Crippen molar-refractivity contribution in [3.8, 4) is 0 Å². The molecule has 0 aliphatic heterocycles. The Balaban J connectivity index is 2.96. The Morgan fingerprint density at radius 2 is 1.59 bits per heavy atom. The SMILES string of the molecule is C[C@@H](c1ccc(C(O)CN(C)C)cc1)N(C(=O)O)C(C)(C)C. The molecule has 5 nitrogen and oxygen atoms in total. The van der Waals surface area contributed by atoms with E-state index in [2.05, 4.69) is 0 Å². The standard InChI is InChI=1S/C17H28N2O3/c1-12(19(16(21)22)17(2,3)4)13-7-9-14(10-8-13)15(20)11-18(5)6/h7-10,12,15,20H,11H2,1-6H3,(H,21,22)/t12-,15?/m0/s1. The van der Waals surface area contributed by atoms with E-state index in [4.69, 9.17) is 0 Å². The molecule has 1 rings (SSSR count). The summed E-state index contributed by atoms with van der Waals surface area (Å²) in [7, 11) is 3.82. The molecule has 0 heterocycles. The highest BCUT2D eigenvalue weighted by Gasteiger charge is 2.31. The summed E-state index contributed by atoms with van der Waals surface area (Å²) in [6.45, 7) is 8.08.